The van der Waals surface area contributed by atoms with Gasteiger partial charge < -0.3 is 25.8 Å². The van der Waals surface area contributed by atoms with Crippen LogP contribution in [-0.2, 0) is 6.54 Å². The van der Waals surface area contributed by atoms with Crippen LogP contribution >= 0.6 is 11.6 Å². The zero-order chi connectivity index (χ0) is 21.7. The van der Waals surface area contributed by atoms with E-state index in [0.29, 0.717) is 23.6 Å². The smallest absolute Gasteiger partial charge is 0.255 e. The van der Waals surface area contributed by atoms with Crippen molar-refractivity contribution in [1.29, 1.82) is 0 Å². The van der Waals surface area contributed by atoms with Gasteiger partial charge in [-0.05, 0) is 35.9 Å². The molecule has 0 unspecified atom stereocenters. The average Bonchev–Trinajstić information content (AvgIpc) is 2.76. The summed E-state index contributed by atoms with van der Waals surface area (Å²) in [5, 5.41) is 5.82. The quantitative estimate of drug-likeness (QED) is 0.463. The van der Waals surface area contributed by atoms with Crippen molar-refractivity contribution < 1.29 is 18.7 Å². The van der Waals surface area contributed by atoms with E-state index in [1.165, 1.54) is 6.07 Å². The van der Waals surface area contributed by atoms with E-state index in [1.54, 1.807) is 26.4 Å². The largest absolute Gasteiger partial charge is 0.493 e. The number of benzene rings is 3. The van der Waals surface area contributed by atoms with Gasteiger partial charge >= 0.3 is 0 Å². The van der Waals surface area contributed by atoms with Crippen molar-refractivity contribution in [2.24, 2.45) is 0 Å². The first kappa shape index (κ1) is 21.3. The van der Waals surface area contributed by atoms with E-state index >= 15 is 0 Å². The number of methoxy groups -OCH3 is 2. The Balaban J connectivity index is 1.63. The molecule has 30 heavy (non-hydrogen) atoms. The van der Waals surface area contributed by atoms with Gasteiger partial charge in [0.05, 0.1) is 30.6 Å². The molecule has 0 aliphatic heterocycles. The Kier molecular flexibility index (Phi) is 6.64. The highest BCUT2D eigenvalue weighted by atomic mass is 35.5. The van der Waals surface area contributed by atoms with E-state index in [2.05, 4.69) is 10.6 Å². The molecule has 0 heterocycles. The first-order valence-electron chi connectivity index (χ1n) is 9.02. The molecule has 3 aromatic carbocycles. The number of hydrogen-bond acceptors (Lipinski definition) is 5. The van der Waals surface area contributed by atoms with Crippen LogP contribution in [0, 0.1) is 5.82 Å². The lowest BCUT2D eigenvalue weighted by Gasteiger charge is -2.12. The van der Waals surface area contributed by atoms with Gasteiger partial charge in [0.25, 0.3) is 5.91 Å². The first-order valence-corrected chi connectivity index (χ1v) is 9.39. The lowest BCUT2D eigenvalue weighted by molar-refractivity contribution is 0.102. The topological polar surface area (TPSA) is 85.6 Å². The number of carbonyl (C=O) groups excluding carboxylic acids is 1. The predicted molar refractivity (Wildman–Crippen MR) is 117 cm³/mol. The van der Waals surface area contributed by atoms with Gasteiger partial charge in [0.2, 0.25) is 0 Å². The van der Waals surface area contributed by atoms with E-state index in [9.17, 15) is 9.18 Å². The summed E-state index contributed by atoms with van der Waals surface area (Å²) in [7, 11) is 3.17. The molecule has 0 aliphatic carbocycles. The van der Waals surface area contributed by atoms with E-state index in [1.807, 2.05) is 30.3 Å². The lowest BCUT2D eigenvalue weighted by atomic mass is 10.1. The van der Waals surface area contributed by atoms with Crippen molar-refractivity contribution in [3.05, 3.63) is 76.6 Å². The van der Waals surface area contributed by atoms with E-state index < -0.39 is 5.82 Å². The van der Waals surface area contributed by atoms with Crippen LogP contribution in [0.5, 0.6) is 11.5 Å². The maximum Gasteiger partial charge on any atom is 0.255 e. The molecule has 0 spiro atoms. The highest BCUT2D eigenvalue weighted by Crippen LogP contribution is 2.30. The van der Waals surface area contributed by atoms with Gasteiger partial charge in [0, 0.05) is 29.9 Å². The second-order valence-electron chi connectivity index (χ2n) is 6.43. The third kappa shape index (κ3) is 4.93. The molecule has 0 atom stereocenters. The van der Waals surface area contributed by atoms with Crippen molar-refractivity contribution in [3.63, 3.8) is 0 Å². The second kappa shape index (κ2) is 9.37. The molecule has 4 N–H and O–H groups in total. The van der Waals surface area contributed by atoms with Crippen molar-refractivity contribution in [1.82, 2.24) is 0 Å². The standard InChI is InChI=1S/C22H21ClFN3O3/c1-29-20-8-7-15(9-21(20)30-2)26-12-13-3-5-14(6-4-13)22(28)27-19-10-16(23)17(24)11-18(19)25/h3-11,26H,12,25H2,1-2H3,(H,27,28). The monoisotopic (exact) mass is 429 g/mol. The van der Waals surface area contributed by atoms with Crippen LogP contribution in [0.3, 0.4) is 0 Å². The fourth-order valence-corrected chi connectivity index (χ4v) is 2.95. The van der Waals surface area contributed by atoms with Gasteiger partial charge in [-0.3, -0.25) is 4.79 Å². The van der Waals surface area contributed by atoms with Crippen LogP contribution in [-0.4, -0.2) is 20.1 Å². The minimum Gasteiger partial charge on any atom is -0.493 e. The van der Waals surface area contributed by atoms with Crippen LogP contribution in [0.1, 0.15) is 15.9 Å². The molecule has 0 radical (unpaired) electrons. The highest BCUT2D eigenvalue weighted by molar-refractivity contribution is 6.31. The molecule has 0 aliphatic rings. The molecule has 0 aromatic heterocycles. The minimum absolute atomic E-state index is 0.0981. The molecule has 1 amide bonds. The van der Waals surface area contributed by atoms with Gasteiger partial charge in [0.1, 0.15) is 5.82 Å². The van der Waals surface area contributed by atoms with Crippen LogP contribution in [0.15, 0.2) is 54.6 Å². The fourth-order valence-electron chi connectivity index (χ4n) is 2.79. The summed E-state index contributed by atoms with van der Waals surface area (Å²) in [4.78, 5) is 12.4. The Morgan fingerprint density at radius 1 is 1.03 bits per heavy atom. The third-order valence-corrected chi connectivity index (χ3v) is 4.73. The summed E-state index contributed by atoms with van der Waals surface area (Å²) in [6.45, 7) is 0.553. The van der Waals surface area contributed by atoms with Crippen molar-refractivity contribution >= 4 is 34.6 Å². The summed E-state index contributed by atoms with van der Waals surface area (Å²) in [6, 6.07) is 15.0. The molecule has 3 aromatic rings. The number of hydrogen-bond donors (Lipinski definition) is 3. The fraction of sp³-hybridized carbons (Fsp3) is 0.136. The number of halogens is 2. The number of amides is 1. The molecule has 0 saturated carbocycles. The van der Waals surface area contributed by atoms with E-state index in [-0.39, 0.29) is 22.3 Å². The minimum atomic E-state index is -0.640. The molecule has 0 fully saturated rings. The van der Waals surface area contributed by atoms with Crippen molar-refractivity contribution in [3.8, 4) is 11.5 Å². The number of rotatable bonds is 7. The summed E-state index contributed by atoms with van der Waals surface area (Å²) in [5.41, 5.74) is 8.38. The Bertz CT molecular complexity index is 1060. The second-order valence-corrected chi connectivity index (χ2v) is 6.84. The summed E-state index contributed by atoms with van der Waals surface area (Å²) in [5.74, 6) is 0.276. The van der Waals surface area contributed by atoms with Gasteiger partial charge in [-0.25, -0.2) is 4.39 Å². The highest BCUT2D eigenvalue weighted by Gasteiger charge is 2.11. The maximum absolute atomic E-state index is 13.4. The number of anilines is 3. The molecular formula is C22H21ClFN3O3. The van der Waals surface area contributed by atoms with E-state index in [0.717, 1.165) is 17.3 Å². The van der Waals surface area contributed by atoms with E-state index in [4.69, 9.17) is 26.8 Å². The Labute approximate surface area is 178 Å². The Hall–Kier alpha value is -3.45. The zero-order valence-corrected chi connectivity index (χ0v) is 17.2. The number of nitrogen functional groups attached to an aromatic ring is 1. The predicted octanol–water partition coefficient (Wildman–Crippen LogP) is 4.94. The molecule has 3 rings (SSSR count). The SMILES string of the molecule is COc1ccc(NCc2ccc(C(=O)Nc3cc(Cl)c(F)cc3N)cc2)cc1OC. The number of carbonyl (C=O) groups is 1. The van der Waals surface area contributed by atoms with Crippen LogP contribution in [0.25, 0.3) is 0 Å². The number of ether oxygens (including phenoxy) is 2. The molecule has 0 saturated heterocycles. The lowest BCUT2D eigenvalue weighted by Crippen LogP contribution is -2.13. The zero-order valence-electron chi connectivity index (χ0n) is 16.5. The Morgan fingerprint density at radius 2 is 1.73 bits per heavy atom. The van der Waals surface area contributed by atoms with Gasteiger partial charge in [-0.15, -0.1) is 0 Å². The number of nitrogens with two attached hydrogens (primary N) is 1. The van der Waals surface area contributed by atoms with Crippen molar-refractivity contribution in [2.75, 3.05) is 30.6 Å². The molecular weight excluding hydrogens is 409 g/mol. The summed E-state index contributed by atoms with van der Waals surface area (Å²) in [6.07, 6.45) is 0. The summed E-state index contributed by atoms with van der Waals surface area (Å²) >= 11 is 5.75. The van der Waals surface area contributed by atoms with Gasteiger partial charge in [-0.2, -0.15) is 0 Å². The number of nitrogens with one attached hydrogen (secondary N) is 2. The first-order chi connectivity index (χ1) is 14.4. The summed E-state index contributed by atoms with van der Waals surface area (Å²) < 4.78 is 23.9. The Morgan fingerprint density at radius 3 is 2.40 bits per heavy atom. The maximum atomic E-state index is 13.4. The van der Waals surface area contributed by atoms with Crippen LogP contribution in [0.4, 0.5) is 21.5 Å². The van der Waals surface area contributed by atoms with Crippen LogP contribution < -0.4 is 25.8 Å². The van der Waals surface area contributed by atoms with Gasteiger partial charge in [0.15, 0.2) is 11.5 Å². The third-order valence-electron chi connectivity index (χ3n) is 4.44. The molecule has 0 bridgehead atoms. The van der Waals surface area contributed by atoms with Crippen LogP contribution in [0.2, 0.25) is 5.02 Å². The molecule has 6 nitrogen and oxygen atoms in total. The van der Waals surface area contributed by atoms with Crippen molar-refractivity contribution in [2.45, 2.75) is 6.54 Å². The van der Waals surface area contributed by atoms with Gasteiger partial charge in [-0.1, -0.05) is 23.7 Å². The molecule has 156 valence electrons. The average molecular weight is 430 g/mol. The molecule has 8 heteroatoms. The normalized spacial score (nSPS) is 10.4.